The fourth-order valence-electron chi connectivity index (χ4n) is 3.19. The van der Waals surface area contributed by atoms with Gasteiger partial charge >= 0.3 is 0 Å². The van der Waals surface area contributed by atoms with Gasteiger partial charge in [-0.2, -0.15) is 0 Å². The Morgan fingerprint density at radius 1 is 1.26 bits per heavy atom. The number of nitrogens with zero attached hydrogens (tertiary/aromatic N) is 1. The van der Waals surface area contributed by atoms with Crippen LogP contribution in [0.2, 0.25) is 0 Å². The Morgan fingerprint density at radius 2 is 2.11 bits per heavy atom. The standard InChI is InChI=1S/C17H20N2/c1-13-8-9-17(18,11-14-5-4-10-19-12-14)16-7-3-2-6-15(13)16/h2-7,10,12-13H,8-9,11,18H2,1H3. The summed E-state index contributed by atoms with van der Waals surface area (Å²) in [4.78, 5) is 4.20. The highest BCUT2D eigenvalue weighted by Crippen LogP contribution is 2.41. The highest BCUT2D eigenvalue weighted by Gasteiger charge is 2.35. The summed E-state index contributed by atoms with van der Waals surface area (Å²) in [6, 6.07) is 12.7. The molecule has 2 aromatic rings. The SMILES string of the molecule is CC1CCC(N)(Cc2cccnc2)c2ccccc21. The molecule has 98 valence electrons. The van der Waals surface area contributed by atoms with E-state index in [4.69, 9.17) is 5.73 Å². The van der Waals surface area contributed by atoms with Crippen molar-refractivity contribution in [1.82, 2.24) is 4.98 Å². The van der Waals surface area contributed by atoms with Crippen molar-refractivity contribution in [3.05, 3.63) is 65.5 Å². The highest BCUT2D eigenvalue weighted by atomic mass is 14.8. The third kappa shape index (κ3) is 2.28. The number of pyridine rings is 1. The van der Waals surface area contributed by atoms with E-state index < -0.39 is 0 Å². The van der Waals surface area contributed by atoms with Crippen LogP contribution in [0.1, 0.15) is 42.4 Å². The van der Waals surface area contributed by atoms with Gasteiger partial charge in [0.1, 0.15) is 0 Å². The first-order chi connectivity index (χ1) is 9.19. The molecule has 1 heterocycles. The van der Waals surface area contributed by atoms with Gasteiger partial charge in [-0.25, -0.2) is 0 Å². The molecule has 2 unspecified atom stereocenters. The van der Waals surface area contributed by atoms with E-state index in [1.807, 2.05) is 18.5 Å². The molecule has 1 aromatic heterocycles. The smallest absolute Gasteiger partial charge is 0.0454 e. The van der Waals surface area contributed by atoms with Crippen LogP contribution in [0.4, 0.5) is 0 Å². The molecule has 0 bridgehead atoms. The Labute approximate surface area is 114 Å². The molecule has 0 saturated heterocycles. The zero-order valence-electron chi connectivity index (χ0n) is 11.3. The quantitative estimate of drug-likeness (QED) is 0.890. The lowest BCUT2D eigenvalue weighted by Crippen LogP contribution is -2.42. The molecule has 1 aromatic carbocycles. The van der Waals surface area contributed by atoms with E-state index in [2.05, 4.69) is 42.2 Å². The predicted molar refractivity (Wildman–Crippen MR) is 77.9 cm³/mol. The number of rotatable bonds is 2. The van der Waals surface area contributed by atoms with Crippen molar-refractivity contribution < 1.29 is 0 Å². The summed E-state index contributed by atoms with van der Waals surface area (Å²) in [5.41, 5.74) is 10.4. The number of nitrogens with two attached hydrogens (primary N) is 1. The van der Waals surface area contributed by atoms with E-state index in [9.17, 15) is 0 Å². The molecule has 1 aliphatic rings. The molecule has 0 aliphatic heterocycles. The summed E-state index contributed by atoms with van der Waals surface area (Å²) in [5, 5.41) is 0. The van der Waals surface area contributed by atoms with Crippen LogP contribution in [0, 0.1) is 0 Å². The van der Waals surface area contributed by atoms with Gasteiger partial charge in [-0.3, -0.25) is 4.98 Å². The number of hydrogen-bond donors (Lipinski definition) is 1. The Bertz CT molecular complexity index is 564. The monoisotopic (exact) mass is 252 g/mol. The van der Waals surface area contributed by atoms with E-state index in [0.29, 0.717) is 5.92 Å². The van der Waals surface area contributed by atoms with E-state index in [-0.39, 0.29) is 5.54 Å². The average molecular weight is 252 g/mol. The molecule has 0 radical (unpaired) electrons. The van der Waals surface area contributed by atoms with Crippen molar-refractivity contribution in [1.29, 1.82) is 0 Å². The summed E-state index contributed by atoms with van der Waals surface area (Å²) < 4.78 is 0. The second-order valence-electron chi connectivity index (χ2n) is 5.72. The Morgan fingerprint density at radius 3 is 2.89 bits per heavy atom. The van der Waals surface area contributed by atoms with Gasteiger partial charge in [-0.15, -0.1) is 0 Å². The molecule has 2 atom stereocenters. The summed E-state index contributed by atoms with van der Waals surface area (Å²) >= 11 is 0. The van der Waals surface area contributed by atoms with Gasteiger partial charge < -0.3 is 5.73 Å². The van der Waals surface area contributed by atoms with Crippen molar-refractivity contribution in [2.75, 3.05) is 0 Å². The maximum absolute atomic E-state index is 6.74. The number of hydrogen-bond acceptors (Lipinski definition) is 2. The minimum absolute atomic E-state index is 0.244. The molecule has 19 heavy (non-hydrogen) atoms. The van der Waals surface area contributed by atoms with E-state index in [1.165, 1.54) is 16.7 Å². The van der Waals surface area contributed by atoms with E-state index >= 15 is 0 Å². The Hall–Kier alpha value is -1.67. The molecule has 2 nitrogen and oxygen atoms in total. The van der Waals surface area contributed by atoms with Crippen molar-refractivity contribution in [3.8, 4) is 0 Å². The maximum atomic E-state index is 6.74. The van der Waals surface area contributed by atoms with Crippen LogP contribution in [-0.4, -0.2) is 4.98 Å². The lowest BCUT2D eigenvalue weighted by atomic mass is 9.70. The predicted octanol–water partition coefficient (Wildman–Crippen LogP) is 3.38. The lowest BCUT2D eigenvalue weighted by Gasteiger charge is -2.38. The molecule has 1 aliphatic carbocycles. The summed E-state index contributed by atoms with van der Waals surface area (Å²) in [7, 11) is 0. The van der Waals surface area contributed by atoms with Crippen LogP contribution in [0.3, 0.4) is 0 Å². The third-order valence-corrected chi connectivity index (χ3v) is 4.29. The molecule has 0 fully saturated rings. The van der Waals surface area contributed by atoms with Gasteiger partial charge in [0.05, 0.1) is 0 Å². The van der Waals surface area contributed by atoms with E-state index in [0.717, 1.165) is 19.3 Å². The molecule has 2 N–H and O–H groups in total. The molecule has 0 amide bonds. The van der Waals surface area contributed by atoms with Crippen LogP contribution in [-0.2, 0) is 12.0 Å². The normalized spacial score (nSPS) is 25.9. The zero-order chi connectivity index (χ0) is 13.3. The first kappa shape index (κ1) is 12.4. The second kappa shape index (κ2) is 4.78. The lowest BCUT2D eigenvalue weighted by molar-refractivity contribution is 0.348. The topological polar surface area (TPSA) is 38.9 Å². The number of aromatic nitrogens is 1. The Kier molecular flexibility index (Phi) is 3.11. The second-order valence-corrected chi connectivity index (χ2v) is 5.72. The minimum Gasteiger partial charge on any atom is -0.321 e. The molecular formula is C17H20N2. The summed E-state index contributed by atoms with van der Waals surface area (Å²) in [6.45, 7) is 2.29. The summed E-state index contributed by atoms with van der Waals surface area (Å²) in [6.07, 6.45) is 6.80. The average Bonchev–Trinajstić information content (AvgIpc) is 2.45. The van der Waals surface area contributed by atoms with Gasteiger partial charge in [-0.1, -0.05) is 37.3 Å². The van der Waals surface area contributed by atoms with Crippen LogP contribution < -0.4 is 5.73 Å². The molecule has 2 heteroatoms. The number of fused-ring (bicyclic) bond motifs is 1. The van der Waals surface area contributed by atoms with Crippen molar-refractivity contribution in [2.24, 2.45) is 5.73 Å². The highest BCUT2D eigenvalue weighted by molar-refractivity contribution is 5.39. The Balaban J connectivity index is 1.99. The van der Waals surface area contributed by atoms with E-state index in [1.54, 1.807) is 0 Å². The van der Waals surface area contributed by atoms with Gasteiger partial charge in [0.15, 0.2) is 0 Å². The first-order valence-corrected chi connectivity index (χ1v) is 6.96. The van der Waals surface area contributed by atoms with Crippen LogP contribution in [0.15, 0.2) is 48.8 Å². The van der Waals surface area contributed by atoms with Crippen LogP contribution in [0.5, 0.6) is 0 Å². The fraction of sp³-hybridized carbons (Fsp3) is 0.353. The van der Waals surface area contributed by atoms with Gasteiger partial charge in [-0.05, 0) is 47.9 Å². The summed E-state index contributed by atoms with van der Waals surface area (Å²) in [5.74, 6) is 0.613. The van der Waals surface area contributed by atoms with Gasteiger partial charge in [0.25, 0.3) is 0 Å². The van der Waals surface area contributed by atoms with Crippen LogP contribution in [0.25, 0.3) is 0 Å². The van der Waals surface area contributed by atoms with Crippen molar-refractivity contribution >= 4 is 0 Å². The third-order valence-electron chi connectivity index (χ3n) is 4.29. The zero-order valence-corrected chi connectivity index (χ0v) is 11.3. The molecule has 0 spiro atoms. The largest absolute Gasteiger partial charge is 0.321 e. The van der Waals surface area contributed by atoms with Crippen molar-refractivity contribution in [2.45, 2.75) is 37.6 Å². The molecule has 0 saturated carbocycles. The molecule has 3 rings (SSSR count). The first-order valence-electron chi connectivity index (χ1n) is 6.96. The number of benzene rings is 1. The van der Waals surface area contributed by atoms with Crippen LogP contribution >= 0.6 is 0 Å². The maximum Gasteiger partial charge on any atom is 0.0454 e. The minimum atomic E-state index is -0.244. The molecular weight excluding hydrogens is 232 g/mol. The van der Waals surface area contributed by atoms with Crippen molar-refractivity contribution in [3.63, 3.8) is 0 Å². The van der Waals surface area contributed by atoms with Gasteiger partial charge in [0, 0.05) is 17.9 Å². The van der Waals surface area contributed by atoms with Gasteiger partial charge in [0.2, 0.25) is 0 Å². The fourth-order valence-corrected chi connectivity index (χ4v) is 3.19.